The Kier molecular flexibility index (Phi) is 4.39. The van der Waals surface area contributed by atoms with Crippen molar-refractivity contribution in [2.45, 2.75) is 25.5 Å². The van der Waals surface area contributed by atoms with Gasteiger partial charge in [-0.05, 0) is 12.3 Å². The fourth-order valence-corrected chi connectivity index (χ4v) is 0.942. The lowest BCUT2D eigenvalue weighted by molar-refractivity contribution is 0.557. The summed E-state index contributed by atoms with van der Waals surface area (Å²) in [4.78, 5) is 0. The van der Waals surface area contributed by atoms with Gasteiger partial charge in [-0.1, -0.05) is 13.8 Å². The predicted octanol–water partition coefficient (Wildman–Crippen LogP) is 0.941. The van der Waals surface area contributed by atoms with Gasteiger partial charge in [-0.3, -0.25) is 0 Å². The van der Waals surface area contributed by atoms with E-state index in [1.165, 1.54) is 0 Å². The largest absolute Gasteiger partial charge is 0.452 e. The lowest BCUT2D eigenvalue weighted by Crippen LogP contribution is -2.11. The normalized spacial score (nSPS) is 14.1. The highest BCUT2D eigenvalue weighted by Gasteiger charge is 2.05. The van der Waals surface area contributed by atoms with Gasteiger partial charge in [0, 0.05) is 5.28 Å². The number of hydrogen-bond donors (Lipinski definition) is 1. The summed E-state index contributed by atoms with van der Waals surface area (Å²) in [6, 6.07) is 0. The van der Waals surface area contributed by atoms with Crippen LogP contribution in [0.5, 0.6) is 0 Å². The van der Waals surface area contributed by atoms with Crippen molar-refractivity contribution in [1.29, 1.82) is 0 Å². The first-order chi connectivity index (χ1) is 3.66. The summed E-state index contributed by atoms with van der Waals surface area (Å²) in [5.74, 6) is 0.588. The maximum atomic E-state index is 8.45. The third kappa shape index (κ3) is 4.47. The molecule has 0 radical (unpaired) electrons. The fraction of sp³-hybridized carbons (Fsp3) is 1.00. The van der Waals surface area contributed by atoms with Crippen molar-refractivity contribution in [3.8, 4) is 0 Å². The van der Waals surface area contributed by atoms with E-state index in [4.69, 9.17) is 16.6 Å². The molecule has 0 bridgehead atoms. The lowest BCUT2D eigenvalue weighted by Gasteiger charge is -2.05. The van der Waals surface area contributed by atoms with Gasteiger partial charge in [-0.25, -0.2) is 0 Å². The van der Waals surface area contributed by atoms with Crippen molar-refractivity contribution in [1.82, 2.24) is 0 Å². The van der Waals surface area contributed by atoms with Gasteiger partial charge in [0.2, 0.25) is 0 Å². The third-order valence-electron chi connectivity index (χ3n) is 0.925. The van der Waals surface area contributed by atoms with Crippen LogP contribution in [0.1, 0.15) is 20.3 Å². The van der Waals surface area contributed by atoms with E-state index in [1.807, 2.05) is 0 Å². The van der Waals surface area contributed by atoms with E-state index in [0.717, 1.165) is 6.42 Å². The maximum absolute atomic E-state index is 8.45. The Morgan fingerprint density at radius 2 is 2.12 bits per heavy atom. The zero-order chi connectivity index (χ0) is 6.57. The standard InChI is InChI=1S/C5H12BClO/c1-4(2)3-5(7)6-8/h4-6,8H,3H2,1-2H3. The minimum atomic E-state index is -0.0463. The molecule has 0 aliphatic rings. The molecule has 1 nitrogen and oxygen atoms in total. The van der Waals surface area contributed by atoms with Crippen LogP contribution in [0.25, 0.3) is 0 Å². The molecule has 1 N–H and O–H groups in total. The van der Waals surface area contributed by atoms with Gasteiger partial charge in [0.25, 0.3) is 7.48 Å². The molecule has 0 aromatic heterocycles. The molecule has 8 heavy (non-hydrogen) atoms. The number of rotatable bonds is 3. The van der Waals surface area contributed by atoms with E-state index < -0.39 is 0 Å². The molecule has 0 heterocycles. The van der Waals surface area contributed by atoms with Gasteiger partial charge in [0.1, 0.15) is 0 Å². The van der Waals surface area contributed by atoms with Gasteiger partial charge in [0.15, 0.2) is 0 Å². The van der Waals surface area contributed by atoms with Crippen LogP contribution < -0.4 is 0 Å². The van der Waals surface area contributed by atoms with Gasteiger partial charge in [-0.2, -0.15) is 0 Å². The van der Waals surface area contributed by atoms with Crippen LogP contribution >= 0.6 is 11.6 Å². The van der Waals surface area contributed by atoms with Crippen molar-refractivity contribution in [2.75, 3.05) is 0 Å². The Morgan fingerprint density at radius 1 is 1.62 bits per heavy atom. The second kappa shape index (κ2) is 4.22. The Hall–Kier alpha value is 0.315. The van der Waals surface area contributed by atoms with E-state index in [0.29, 0.717) is 5.92 Å². The number of alkyl halides is 1. The highest BCUT2D eigenvalue weighted by molar-refractivity contribution is 6.47. The monoisotopic (exact) mass is 134 g/mol. The molecular formula is C5H12BClO. The maximum Gasteiger partial charge on any atom is 0.288 e. The van der Waals surface area contributed by atoms with E-state index >= 15 is 0 Å². The quantitative estimate of drug-likeness (QED) is 0.450. The van der Waals surface area contributed by atoms with Crippen LogP contribution in [0.4, 0.5) is 0 Å². The molecule has 0 spiro atoms. The first-order valence-corrected chi connectivity index (χ1v) is 3.35. The van der Waals surface area contributed by atoms with E-state index in [2.05, 4.69) is 13.8 Å². The highest BCUT2D eigenvalue weighted by atomic mass is 35.5. The average molecular weight is 134 g/mol. The molecule has 0 aliphatic carbocycles. The molecule has 1 unspecified atom stereocenters. The van der Waals surface area contributed by atoms with Gasteiger partial charge < -0.3 is 5.02 Å². The Bertz CT molecular complexity index is 58.4. The average Bonchev–Trinajstić information content (AvgIpc) is 1.65. The zero-order valence-electron chi connectivity index (χ0n) is 5.39. The van der Waals surface area contributed by atoms with Crippen molar-refractivity contribution in [3.63, 3.8) is 0 Å². The SMILES string of the molecule is CC(C)CC(Cl)BO. The molecule has 0 saturated heterocycles. The van der Waals surface area contributed by atoms with E-state index in [1.54, 1.807) is 0 Å². The first-order valence-electron chi connectivity index (χ1n) is 2.91. The zero-order valence-corrected chi connectivity index (χ0v) is 6.15. The fourth-order valence-electron chi connectivity index (χ4n) is 0.586. The van der Waals surface area contributed by atoms with Crippen molar-refractivity contribution in [3.05, 3.63) is 0 Å². The molecule has 48 valence electrons. The minimum absolute atomic E-state index is 0.0463. The van der Waals surface area contributed by atoms with Gasteiger partial charge >= 0.3 is 0 Å². The molecule has 0 rings (SSSR count). The van der Waals surface area contributed by atoms with Crippen LogP contribution in [0.2, 0.25) is 0 Å². The highest BCUT2D eigenvalue weighted by Crippen LogP contribution is 2.07. The van der Waals surface area contributed by atoms with E-state index in [9.17, 15) is 0 Å². The summed E-state index contributed by atoms with van der Waals surface area (Å²) in [6.07, 6.45) is 0.901. The summed E-state index contributed by atoms with van der Waals surface area (Å²) in [7, 11) is 0.0970. The van der Waals surface area contributed by atoms with Crippen LogP contribution in [0, 0.1) is 5.92 Å². The van der Waals surface area contributed by atoms with Crippen LogP contribution in [-0.2, 0) is 0 Å². The summed E-state index contributed by atoms with van der Waals surface area (Å²) >= 11 is 5.61. The Balaban J connectivity index is 3.10. The molecule has 1 atom stereocenters. The smallest absolute Gasteiger partial charge is 0.288 e. The molecule has 0 amide bonds. The van der Waals surface area contributed by atoms with Crippen molar-refractivity contribution >= 4 is 19.1 Å². The topological polar surface area (TPSA) is 20.2 Å². The van der Waals surface area contributed by atoms with Gasteiger partial charge in [0.05, 0.1) is 0 Å². The summed E-state index contributed by atoms with van der Waals surface area (Å²) in [5, 5.41) is 8.41. The Labute approximate surface area is 56.3 Å². The first kappa shape index (κ1) is 8.31. The summed E-state index contributed by atoms with van der Waals surface area (Å²) in [6.45, 7) is 4.18. The van der Waals surface area contributed by atoms with Crippen LogP contribution in [-0.4, -0.2) is 17.8 Å². The molecular weight excluding hydrogens is 122 g/mol. The molecule has 0 aromatic carbocycles. The van der Waals surface area contributed by atoms with Crippen LogP contribution in [0.3, 0.4) is 0 Å². The van der Waals surface area contributed by atoms with Crippen molar-refractivity contribution in [2.24, 2.45) is 5.92 Å². The Morgan fingerprint density at radius 3 is 2.25 bits per heavy atom. The number of hydrogen-bond acceptors (Lipinski definition) is 1. The van der Waals surface area contributed by atoms with Gasteiger partial charge in [-0.15, -0.1) is 11.6 Å². The second-order valence-electron chi connectivity index (χ2n) is 2.41. The second-order valence-corrected chi connectivity index (χ2v) is 3.03. The molecule has 0 aliphatic heterocycles. The molecule has 3 heteroatoms. The van der Waals surface area contributed by atoms with Crippen LogP contribution in [0.15, 0.2) is 0 Å². The molecule has 0 fully saturated rings. The third-order valence-corrected chi connectivity index (χ3v) is 1.24. The minimum Gasteiger partial charge on any atom is -0.452 e. The molecule has 0 saturated carbocycles. The lowest BCUT2D eigenvalue weighted by atomic mass is 9.89. The summed E-state index contributed by atoms with van der Waals surface area (Å²) in [5.41, 5.74) is 0. The summed E-state index contributed by atoms with van der Waals surface area (Å²) < 4.78 is 0. The predicted molar refractivity (Wildman–Crippen MR) is 38.5 cm³/mol. The molecule has 0 aromatic rings. The van der Waals surface area contributed by atoms with Crippen molar-refractivity contribution < 1.29 is 5.02 Å². The number of halogens is 1. The van der Waals surface area contributed by atoms with E-state index in [-0.39, 0.29) is 12.8 Å².